The lowest BCUT2D eigenvalue weighted by atomic mass is 10.1. The van der Waals surface area contributed by atoms with E-state index in [0.717, 1.165) is 6.42 Å². The number of nitriles is 1. The molecule has 0 saturated carbocycles. The van der Waals surface area contributed by atoms with Crippen LogP contribution in [0.5, 0.6) is 0 Å². The molecule has 0 saturated heterocycles. The lowest BCUT2D eigenvalue weighted by Crippen LogP contribution is -2.29. The second-order valence-electron chi connectivity index (χ2n) is 4.11. The molecule has 0 aliphatic rings. The second-order valence-corrected chi connectivity index (χ2v) is 5.92. The molecule has 1 aromatic rings. The van der Waals surface area contributed by atoms with Gasteiger partial charge in [-0.15, -0.1) is 6.58 Å². The van der Waals surface area contributed by atoms with Gasteiger partial charge in [0, 0.05) is 6.54 Å². The Hall–Kier alpha value is -1.68. The molecule has 0 atom stereocenters. The zero-order valence-electron chi connectivity index (χ0n) is 11.2. The third kappa shape index (κ3) is 5.97. The first-order valence-corrected chi connectivity index (χ1v) is 7.88. The van der Waals surface area contributed by atoms with Crippen molar-refractivity contribution in [1.82, 2.24) is 4.72 Å². The number of hydrogen-bond donors (Lipinski definition) is 1. The Morgan fingerprint density at radius 1 is 1.35 bits per heavy atom. The third-order valence-corrected chi connectivity index (χ3v) is 3.85. The number of ether oxygens (including phenoxy) is 1. The number of benzene rings is 1. The van der Waals surface area contributed by atoms with Crippen LogP contribution in [0, 0.1) is 11.3 Å². The van der Waals surface area contributed by atoms with Gasteiger partial charge in [0.2, 0.25) is 10.0 Å². The van der Waals surface area contributed by atoms with Gasteiger partial charge in [0.15, 0.2) is 0 Å². The number of nitrogens with zero attached hydrogens (tertiary/aromatic N) is 1. The summed E-state index contributed by atoms with van der Waals surface area (Å²) in [7, 11) is -3.46. The van der Waals surface area contributed by atoms with Gasteiger partial charge in [0.25, 0.3) is 0 Å². The fraction of sp³-hybridized carbons (Fsp3) is 0.357. The standard InChI is InChI=1S/C14H18N2O3S/c1-2-3-9-19-10-8-16-20(17,18)12-14-7-5-4-6-13(14)11-15/h2,4-7,16H,1,3,8-10,12H2. The molecule has 1 aromatic carbocycles. The SMILES string of the molecule is C=CCCOCCNS(=O)(=O)Cc1ccccc1C#N. The zero-order chi connectivity index (χ0) is 14.8. The van der Waals surface area contributed by atoms with Crippen LogP contribution in [-0.2, 0) is 20.5 Å². The lowest BCUT2D eigenvalue weighted by molar-refractivity contribution is 0.144. The molecular weight excluding hydrogens is 276 g/mol. The Labute approximate surface area is 119 Å². The molecule has 0 unspecified atom stereocenters. The molecule has 20 heavy (non-hydrogen) atoms. The van der Waals surface area contributed by atoms with Gasteiger partial charge in [-0.05, 0) is 18.1 Å². The molecule has 0 bridgehead atoms. The molecule has 5 nitrogen and oxygen atoms in total. The van der Waals surface area contributed by atoms with Gasteiger partial charge in [-0.25, -0.2) is 13.1 Å². The molecule has 0 aromatic heterocycles. The van der Waals surface area contributed by atoms with E-state index >= 15 is 0 Å². The van der Waals surface area contributed by atoms with Gasteiger partial charge in [-0.1, -0.05) is 24.3 Å². The summed E-state index contributed by atoms with van der Waals surface area (Å²) in [5.41, 5.74) is 0.871. The van der Waals surface area contributed by atoms with Crippen molar-refractivity contribution in [3.05, 3.63) is 48.0 Å². The van der Waals surface area contributed by atoms with Crippen molar-refractivity contribution >= 4 is 10.0 Å². The summed E-state index contributed by atoms with van der Waals surface area (Å²) in [5, 5.41) is 8.92. The van der Waals surface area contributed by atoms with Gasteiger partial charge in [0.1, 0.15) is 0 Å². The number of sulfonamides is 1. The summed E-state index contributed by atoms with van der Waals surface area (Å²) in [6, 6.07) is 8.64. The van der Waals surface area contributed by atoms with Crippen molar-refractivity contribution < 1.29 is 13.2 Å². The van der Waals surface area contributed by atoms with E-state index in [4.69, 9.17) is 10.00 Å². The maximum atomic E-state index is 11.9. The summed E-state index contributed by atoms with van der Waals surface area (Å²) < 4.78 is 31.4. The van der Waals surface area contributed by atoms with Crippen molar-refractivity contribution in [2.75, 3.05) is 19.8 Å². The minimum absolute atomic E-state index is 0.205. The normalized spacial score (nSPS) is 10.9. The summed E-state index contributed by atoms with van der Waals surface area (Å²) in [4.78, 5) is 0. The average molecular weight is 294 g/mol. The lowest BCUT2D eigenvalue weighted by Gasteiger charge is -2.08. The molecule has 0 fully saturated rings. The van der Waals surface area contributed by atoms with Gasteiger partial charge >= 0.3 is 0 Å². The minimum atomic E-state index is -3.46. The highest BCUT2D eigenvalue weighted by Gasteiger charge is 2.13. The van der Waals surface area contributed by atoms with Crippen LogP contribution < -0.4 is 4.72 Å². The molecule has 0 aliphatic heterocycles. The number of rotatable bonds is 9. The van der Waals surface area contributed by atoms with Crippen LogP contribution >= 0.6 is 0 Å². The number of hydrogen-bond acceptors (Lipinski definition) is 4. The molecule has 0 aliphatic carbocycles. The first-order chi connectivity index (χ1) is 9.59. The summed E-state index contributed by atoms with van der Waals surface area (Å²) >= 11 is 0. The predicted molar refractivity (Wildman–Crippen MR) is 77.4 cm³/mol. The summed E-state index contributed by atoms with van der Waals surface area (Å²) in [6.07, 6.45) is 2.48. The van der Waals surface area contributed by atoms with Crippen LogP contribution in [0.1, 0.15) is 17.5 Å². The van der Waals surface area contributed by atoms with Crippen molar-refractivity contribution in [3.63, 3.8) is 0 Å². The first-order valence-electron chi connectivity index (χ1n) is 6.23. The highest BCUT2D eigenvalue weighted by Crippen LogP contribution is 2.10. The molecule has 0 spiro atoms. The van der Waals surface area contributed by atoms with E-state index in [1.54, 1.807) is 30.3 Å². The zero-order valence-corrected chi connectivity index (χ0v) is 12.0. The molecule has 0 radical (unpaired) electrons. The monoisotopic (exact) mass is 294 g/mol. The molecule has 0 heterocycles. The van der Waals surface area contributed by atoms with Gasteiger partial charge in [0.05, 0.1) is 30.6 Å². The number of nitrogens with one attached hydrogen (secondary N) is 1. The highest BCUT2D eigenvalue weighted by molar-refractivity contribution is 7.88. The van der Waals surface area contributed by atoms with E-state index in [1.165, 1.54) is 0 Å². The quantitative estimate of drug-likeness (QED) is 0.554. The van der Waals surface area contributed by atoms with Gasteiger partial charge in [-0.3, -0.25) is 0 Å². The van der Waals surface area contributed by atoms with Crippen LogP contribution in [0.25, 0.3) is 0 Å². The molecule has 108 valence electrons. The Kier molecular flexibility index (Phi) is 6.94. The van der Waals surface area contributed by atoms with Crippen LogP contribution in [0.3, 0.4) is 0 Å². The summed E-state index contributed by atoms with van der Waals surface area (Å²) in [6.45, 7) is 4.62. The Balaban J connectivity index is 2.46. The predicted octanol–water partition coefficient (Wildman–Crippen LogP) is 1.57. The average Bonchev–Trinajstić information content (AvgIpc) is 2.43. The molecule has 1 rings (SSSR count). The Bertz CT molecular complexity index is 576. The van der Waals surface area contributed by atoms with E-state index in [1.807, 2.05) is 6.07 Å². The largest absolute Gasteiger partial charge is 0.380 e. The van der Waals surface area contributed by atoms with E-state index in [-0.39, 0.29) is 12.3 Å². The van der Waals surface area contributed by atoms with Crippen LogP contribution in [0.15, 0.2) is 36.9 Å². The molecule has 0 amide bonds. The first kappa shape index (κ1) is 16.4. The molecule has 6 heteroatoms. The maximum Gasteiger partial charge on any atom is 0.215 e. The summed E-state index contributed by atoms with van der Waals surface area (Å²) in [5.74, 6) is -0.205. The van der Waals surface area contributed by atoms with Crippen molar-refractivity contribution in [2.24, 2.45) is 0 Å². The van der Waals surface area contributed by atoms with Crippen molar-refractivity contribution in [3.8, 4) is 6.07 Å². The van der Waals surface area contributed by atoms with Crippen molar-refractivity contribution in [1.29, 1.82) is 5.26 Å². The third-order valence-electron chi connectivity index (χ3n) is 2.52. The fourth-order valence-corrected chi connectivity index (χ4v) is 2.71. The van der Waals surface area contributed by atoms with Gasteiger partial charge in [-0.2, -0.15) is 5.26 Å². The highest BCUT2D eigenvalue weighted by atomic mass is 32.2. The Morgan fingerprint density at radius 3 is 2.80 bits per heavy atom. The van der Waals surface area contributed by atoms with Crippen LogP contribution in [0.2, 0.25) is 0 Å². The van der Waals surface area contributed by atoms with Crippen LogP contribution in [0.4, 0.5) is 0 Å². The fourth-order valence-electron chi connectivity index (χ4n) is 1.55. The van der Waals surface area contributed by atoms with Crippen LogP contribution in [-0.4, -0.2) is 28.2 Å². The molecule has 1 N–H and O–H groups in total. The van der Waals surface area contributed by atoms with E-state index in [9.17, 15) is 8.42 Å². The maximum absolute atomic E-state index is 11.9. The smallest absolute Gasteiger partial charge is 0.215 e. The van der Waals surface area contributed by atoms with E-state index < -0.39 is 10.0 Å². The minimum Gasteiger partial charge on any atom is -0.380 e. The Morgan fingerprint density at radius 2 is 2.10 bits per heavy atom. The van der Waals surface area contributed by atoms with Gasteiger partial charge < -0.3 is 4.74 Å². The van der Waals surface area contributed by atoms with Crippen molar-refractivity contribution in [2.45, 2.75) is 12.2 Å². The topological polar surface area (TPSA) is 79.2 Å². The molecular formula is C14H18N2O3S. The van der Waals surface area contributed by atoms with E-state index in [2.05, 4.69) is 11.3 Å². The van der Waals surface area contributed by atoms with E-state index in [0.29, 0.717) is 24.3 Å². The second kappa shape index (κ2) is 8.48.